The van der Waals surface area contributed by atoms with Crippen LogP contribution in [0.1, 0.15) is 12.8 Å². The van der Waals surface area contributed by atoms with Crippen LogP contribution in [0.15, 0.2) is 0 Å². The lowest BCUT2D eigenvalue weighted by Crippen LogP contribution is -2.43. The van der Waals surface area contributed by atoms with E-state index < -0.39 is 0 Å². The Morgan fingerprint density at radius 2 is 1.50 bits per heavy atom. The first kappa shape index (κ1) is 13.1. The molecule has 1 aliphatic rings. The van der Waals surface area contributed by atoms with Gasteiger partial charge in [-0.15, -0.1) is 24.8 Å². The van der Waals surface area contributed by atoms with E-state index in [9.17, 15) is 0 Å². The molecular weight excluding hydrogens is 173 g/mol. The summed E-state index contributed by atoms with van der Waals surface area (Å²) < 4.78 is 0. The minimum Gasteiger partial charge on any atom is -0.328 e. The first-order chi connectivity index (χ1) is 3.79. The van der Waals surface area contributed by atoms with Gasteiger partial charge in [-0.05, 0) is 12.8 Å². The zero-order chi connectivity index (χ0) is 5.98. The van der Waals surface area contributed by atoms with E-state index in [1.54, 1.807) is 0 Å². The standard InChI is InChI=1S/C5H13N3.2ClH/c6-5-1-3-8(7)4-2-5;;/h5H,1-4,6-7H2;2*1H. The van der Waals surface area contributed by atoms with Gasteiger partial charge in [-0.3, -0.25) is 5.84 Å². The Morgan fingerprint density at radius 1 is 1.10 bits per heavy atom. The topological polar surface area (TPSA) is 55.3 Å². The van der Waals surface area contributed by atoms with Crippen LogP contribution in [0.3, 0.4) is 0 Å². The smallest absolute Gasteiger partial charge is 0.0143 e. The highest BCUT2D eigenvalue weighted by Gasteiger charge is 2.11. The van der Waals surface area contributed by atoms with Crippen molar-refractivity contribution in [2.75, 3.05) is 13.1 Å². The highest BCUT2D eigenvalue weighted by Crippen LogP contribution is 2.02. The monoisotopic (exact) mass is 187 g/mol. The van der Waals surface area contributed by atoms with Gasteiger partial charge in [0.25, 0.3) is 0 Å². The second kappa shape index (κ2) is 6.19. The maximum atomic E-state index is 5.61. The molecule has 0 aromatic heterocycles. The van der Waals surface area contributed by atoms with Crippen LogP contribution in [0, 0.1) is 0 Å². The lowest BCUT2D eigenvalue weighted by molar-refractivity contribution is 0.218. The van der Waals surface area contributed by atoms with Crippen molar-refractivity contribution in [2.45, 2.75) is 18.9 Å². The van der Waals surface area contributed by atoms with E-state index in [1.807, 2.05) is 5.01 Å². The summed E-state index contributed by atoms with van der Waals surface area (Å²) in [5.74, 6) is 5.47. The molecule has 0 unspecified atom stereocenters. The summed E-state index contributed by atoms with van der Waals surface area (Å²) in [5, 5.41) is 1.82. The van der Waals surface area contributed by atoms with E-state index in [2.05, 4.69) is 0 Å². The average Bonchev–Trinajstić information content (AvgIpc) is 1.77. The van der Waals surface area contributed by atoms with Crippen molar-refractivity contribution in [1.29, 1.82) is 0 Å². The van der Waals surface area contributed by atoms with Crippen molar-refractivity contribution < 1.29 is 0 Å². The van der Waals surface area contributed by atoms with Gasteiger partial charge < -0.3 is 5.73 Å². The molecule has 1 rings (SSSR count). The van der Waals surface area contributed by atoms with Crippen LogP contribution >= 0.6 is 24.8 Å². The molecule has 0 aromatic carbocycles. The third kappa shape index (κ3) is 4.30. The predicted molar refractivity (Wildman–Crippen MR) is 47.5 cm³/mol. The van der Waals surface area contributed by atoms with Crippen LogP contribution in [-0.2, 0) is 0 Å². The van der Waals surface area contributed by atoms with Crippen molar-refractivity contribution in [3.8, 4) is 0 Å². The van der Waals surface area contributed by atoms with E-state index >= 15 is 0 Å². The summed E-state index contributed by atoms with van der Waals surface area (Å²) in [4.78, 5) is 0. The number of halogens is 2. The van der Waals surface area contributed by atoms with Crippen LogP contribution in [0.5, 0.6) is 0 Å². The Bertz CT molecular complexity index is 63.3. The molecule has 0 radical (unpaired) electrons. The molecule has 0 spiro atoms. The van der Waals surface area contributed by atoms with E-state index in [0.717, 1.165) is 25.9 Å². The van der Waals surface area contributed by atoms with Crippen LogP contribution < -0.4 is 11.6 Å². The second-order valence-corrected chi connectivity index (χ2v) is 2.37. The summed E-state index contributed by atoms with van der Waals surface area (Å²) in [6, 6.07) is 0.398. The van der Waals surface area contributed by atoms with Crippen molar-refractivity contribution in [3.63, 3.8) is 0 Å². The third-order valence-electron chi connectivity index (χ3n) is 1.57. The molecule has 64 valence electrons. The summed E-state index contributed by atoms with van der Waals surface area (Å²) in [5.41, 5.74) is 5.61. The van der Waals surface area contributed by atoms with Gasteiger partial charge in [0.1, 0.15) is 0 Å². The maximum absolute atomic E-state index is 5.61. The molecule has 0 saturated carbocycles. The molecular formula is C5H15Cl2N3. The van der Waals surface area contributed by atoms with Gasteiger partial charge in [0.05, 0.1) is 0 Å². The van der Waals surface area contributed by atoms with Crippen LogP contribution in [0.4, 0.5) is 0 Å². The zero-order valence-corrected chi connectivity index (χ0v) is 7.46. The Labute approximate surface area is 73.9 Å². The summed E-state index contributed by atoms with van der Waals surface area (Å²) >= 11 is 0. The first-order valence-corrected chi connectivity index (χ1v) is 3.04. The average molecular weight is 188 g/mol. The lowest BCUT2D eigenvalue weighted by Gasteiger charge is -2.25. The summed E-state index contributed by atoms with van der Waals surface area (Å²) in [6.45, 7) is 1.92. The molecule has 0 atom stereocenters. The molecule has 0 aliphatic carbocycles. The van der Waals surface area contributed by atoms with Gasteiger partial charge >= 0.3 is 0 Å². The Morgan fingerprint density at radius 3 is 1.80 bits per heavy atom. The normalized spacial score (nSPS) is 21.0. The highest BCUT2D eigenvalue weighted by atomic mass is 35.5. The lowest BCUT2D eigenvalue weighted by atomic mass is 10.1. The number of nitrogens with two attached hydrogens (primary N) is 2. The molecule has 1 heterocycles. The molecule has 0 bridgehead atoms. The molecule has 0 aromatic rings. The number of piperidine rings is 1. The van der Waals surface area contributed by atoms with Gasteiger partial charge in [-0.25, -0.2) is 5.01 Å². The Kier molecular flexibility index (Phi) is 8.09. The van der Waals surface area contributed by atoms with Crippen LogP contribution in [-0.4, -0.2) is 24.1 Å². The molecule has 5 heteroatoms. The fourth-order valence-corrected chi connectivity index (χ4v) is 0.919. The van der Waals surface area contributed by atoms with E-state index in [0.29, 0.717) is 6.04 Å². The fourth-order valence-electron chi connectivity index (χ4n) is 0.919. The van der Waals surface area contributed by atoms with E-state index in [1.165, 1.54) is 0 Å². The Hall–Kier alpha value is 0.460. The van der Waals surface area contributed by atoms with Gasteiger partial charge in [0, 0.05) is 19.1 Å². The molecule has 1 fully saturated rings. The number of hydrogen-bond acceptors (Lipinski definition) is 3. The number of rotatable bonds is 0. The number of nitrogens with zero attached hydrogens (tertiary/aromatic N) is 1. The van der Waals surface area contributed by atoms with Gasteiger partial charge in [-0.1, -0.05) is 0 Å². The van der Waals surface area contributed by atoms with Gasteiger partial charge in [0.2, 0.25) is 0 Å². The van der Waals surface area contributed by atoms with E-state index in [-0.39, 0.29) is 24.8 Å². The summed E-state index contributed by atoms with van der Waals surface area (Å²) in [6.07, 6.45) is 2.10. The predicted octanol–water partition coefficient (Wildman–Crippen LogP) is 0.127. The summed E-state index contributed by atoms with van der Waals surface area (Å²) in [7, 11) is 0. The van der Waals surface area contributed by atoms with Gasteiger partial charge in [0.15, 0.2) is 0 Å². The fraction of sp³-hybridized carbons (Fsp3) is 1.00. The van der Waals surface area contributed by atoms with Gasteiger partial charge in [-0.2, -0.15) is 0 Å². The maximum Gasteiger partial charge on any atom is 0.0143 e. The highest BCUT2D eigenvalue weighted by molar-refractivity contribution is 5.85. The quantitative estimate of drug-likeness (QED) is 0.531. The van der Waals surface area contributed by atoms with E-state index in [4.69, 9.17) is 11.6 Å². The second-order valence-electron chi connectivity index (χ2n) is 2.37. The largest absolute Gasteiger partial charge is 0.328 e. The Balaban J connectivity index is 0. The molecule has 0 amide bonds. The third-order valence-corrected chi connectivity index (χ3v) is 1.57. The number of hydrazine groups is 1. The molecule has 10 heavy (non-hydrogen) atoms. The van der Waals surface area contributed by atoms with Crippen LogP contribution in [0.25, 0.3) is 0 Å². The molecule has 1 aliphatic heterocycles. The SMILES string of the molecule is Cl.Cl.NC1CCN(N)CC1. The minimum absolute atomic E-state index is 0. The molecule has 4 N–H and O–H groups in total. The van der Waals surface area contributed by atoms with Crippen molar-refractivity contribution in [1.82, 2.24) is 5.01 Å². The minimum atomic E-state index is 0. The van der Waals surface area contributed by atoms with Crippen molar-refractivity contribution in [3.05, 3.63) is 0 Å². The van der Waals surface area contributed by atoms with Crippen molar-refractivity contribution >= 4 is 24.8 Å². The first-order valence-electron chi connectivity index (χ1n) is 3.04. The molecule has 1 saturated heterocycles. The van der Waals surface area contributed by atoms with Crippen molar-refractivity contribution in [2.24, 2.45) is 11.6 Å². The molecule has 3 nitrogen and oxygen atoms in total. The zero-order valence-electron chi connectivity index (χ0n) is 5.82. The number of hydrogen-bond donors (Lipinski definition) is 2. The van der Waals surface area contributed by atoms with Crippen LogP contribution in [0.2, 0.25) is 0 Å².